The summed E-state index contributed by atoms with van der Waals surface area (Å²) >= 11 is 2.34. The average Bonchev–Trinajstić information content (AvgIpc) is 2.67. The van der Waals surface area contributed by atoms with Crippen LogP contribution in [0.15, 0.2) is 28.9 Å². The summed E-state index contributed by atoms with van der Waals surface area (Å²) in [7, 11) is 0. The maximum Gasteiger partial charge on any atom is 0.134 e. The van der Waals surface area contributed by atoms with E-state index in [1.807, 2.05) is 12.3 Å². The number of fused-ring (bicyclic) bond motifs is 1. The third-order valence-electron chi connectivity index (χ3n) is 2.74. The standard InChI is InChI=1S/C14H18INO/c1-10(2)8-16-6-5-11-9-17-14-4-3-12(15)7-13(11)14/h3-4,7,9-10,16H,5-6,8H2,1-2H3. The molecule has 1 aromatic carbocycles. The van der Waals surface area contributed by atoms with Crippen molar-refractivity contribution in [2.75, 3.05) is 13.1 Å². The number of halogens is 1. The smallest absolute Gasteiger partial charge is 0.134 e. The highest BCUT2D eigenvalue weighted by molar-refractivity contribution is 14.1. The maximum absolute atomic E-state index is 5.55. The summed E-state index contributed by atoms with van der Waals surface area (Å²) in [5, 5.41) is 4.71. The van der Waals surface area contributed by atoms with Crippen LogP contribution in [0.3, 0.4) is 0 Å². The summed E-state index contributed by atoms with van der Waals surface area (Å²) in [6.07, 6.45) is 2.91. The van der Waals surface area contributed by atoms with E-state index in [9.17, 15) is 0 Å². The van der Waals surface area contributed by atoms with Crippen LogP contribution in [0.5, 0.6) is 0 Å². The Morgan fingerprint density at radius 2 is 2.18 bits per heavy atom. The lowest BCUT2D eigenvalue weighted by Gasteiger charge is -2.06. The van der Waals surface area contributed by atoms with Gasteiger partial charge in [-0.25, -0.2) is 0 Å². The first kappa shape index (κ1) is 12.9. The van der Waals surface area contributed by atoms with E-state index >= 15 is 0 Å². The van der Waals surface area contributed by atoms with E-state index in [1.165, 1.54) is 14.5 Å². The van der Waals surface area contributed by atoms with E-state index < -0.39 is 0 Å². The van der Waals surface area contributed by atoms with E-state index in [1.54, 1.807) is 0 Å². The SMILES string of the molecule is CC(C)CNCCc1coc2ccc(I)cc12. The van der Waals surface area contributed by atoms with Crippen LogP contribution in [-0.2, 0) is 6.42 Å². The summed E-state index contributed by atoms with van der Waals surface area (Å²) in [5.41, 5.74) is 2.29. The van der Waals surface area contributed by atoms with Gasteiger partial charge >= 0.3 is 0 Å². The van der Waals surface area contributed by atoms with Crippen LogP contribution in [0.2, 0.25) is 0 Å². The van der Waals surface area contributed by atoms with Crippen LogP contribution in [0.1, 0.15) is 19.4 Å². The molecule has 0 atom stereocenters. The van der Waals surface area contributed by atoms with Gasteiger partial charge in [0.15, 0.2) is 0 Å². The van der Waals surface area contributed by atoms with Gasteiger partial charge in [0.1, 0.15) is 5.58 Å². The summed E-state index contributed by atoms with van der Waals surface area (Å²) in [4.78, 5) is 0. The van der Waals surface area contributed by atoms with Gasteiger partial charge in [0.2, 0.25) is 0 Å². The molecule has 0 bridgehead atoms. The molecule has 0 amide bonds. The molecule has 0 unspecified atom stereocenters. The highest BCUT2D eigenvalue weighted by Gasteiger charge is 2.05. The number of hydrogen-bond acceptors (Lipinski definition) is 2. The largest absolute Gasteiger partial charge is 0.464 e. The second-order valence-electron chi connectivity index (χ2n) is 4.75. The van der Waals surface area contributed by atoms with Crippen LogP contribution in [0, 0.1) is 9.49 Å². The van der Waals surface area contributed by atoms with E-state index in [0.29, 0.717) is 5.92 Å². The van der Waals surface area contributed by atoms with Gasteiger partial charge in [0.05, 0.1) is 6.26 Å². The van der Waals surface area contributed by atoms with Crippen molar-refractivity contribution < 1.29 is 4.42 Å². The molecule has 17 heavy (non-hydrogen) atoms. The molecule has 0 radical (unpaired) electrons. The zero-order chi connectivity index (χ0) is 12.3. The Hall–Kier alpha value is -0.550. The van der Waals surface area contributed by atoms with Gasteiger partial charge < -0.3 is 9.73 Å². The van der Waals surface area contributed by atoms with Gasteiger partial charge in [-0.15, -0.1) is 0 Å². The first-order valence-corrected chi connectivity index (χ1v) is 7.11. The fourth-order valence-corrected chi connectivity index (χ4v) is 2.35. The normalized spacial score (nSPS) is 11.5. The summed E-state index contributed by atoms with van der Waals surface area (Å²) in [5.74, 6) is 0.706. The molecule has 0 spiro atoms. The van der Waals surface area contributed by atoms with Crippen LogP contribution < -0.4 is 5.32 Å². The van der Waals surface area contributed by atoms with Crippen LogP contribution in [0.4, 0.5) is 0 Å². The van der Waals surface area contributed by atoms with Crippen LogP contribution >= 0.6 is 22.6 Å². The van der Waals surface area contributed by atoms with Crippen molar-refractivity contribution in [3.63, 3.8) is 0 Å². The zero-order valence-corrected chi connectivity index (χ0v) is 12.5. The van der Waals surface area contributed by atoms with Gasteiger partial charge in [-0.05, 0) is 71.8 Å². The van der Waals surface area contributed by atoms with Gasteiger partial charge in [0.25, 0.3) is 0 Å². The summed E-state index contributed by atoms with van der Waals surface area (Å²) in [6, 6.07) is 6.31. The second-order valence-corrected chi connectivity index (χ2v) is 6.00. The number of nitrogens with one attached hydrogen (secondary N) is 1. The molecule has 3 heteroatoms. The molecule has 0 aliphatic carbocycles. The highest BCUT2D eigenvalue weighted by atomic mass is 127. The molecular formula is C14H18INO. The first-order chi connectivity index (χ1) is 8.16. The molecule has 0 saturated heterocycles. The Morgan fingerprint density at radius 1 is 1.35 bits per heavy atom. The lowest BCUT2D eigenvalue weighted by molar-refractivity contribution is 0.552. The van der Waals surface area contributed by atoms with Crippen molar-refractivity contribution in [3.8, 4) is 0 Å². The van der Waals surface area contributed by atoms with E-state index in [2.05, 4.69) is 53.9 Å². The highest BCUT2D eigenvalue weighted by Crippen LogP contribution is 2.23. The Balaban J connectivity index is 2.01. The fraction of sp³-hybridized carbons (Fsp3) is 0.429. The quantitative estimate of drug-likeness (QED) is 0.659. The molecule has 0 saturated carbocycles. The Labute approximate surface area is 116 Å². The van der Waals surface area contributed by atoms with Crippen LogP contribution in [-0.4, -0.2) is 13.1 Å². The molecule has 1 N–H and O–H groups in total. The molecule has 2 aromatic rings. The minimum atomic E-state index is 0.706. The molecule has 92 valence electrons. The molecule has 0 aliphatic heterocycles. The number of benzene rings is 1. The van der Waals surface area contributed by atoms with Crippen molar-refractivity contribution in [3.05, 3.63) is 33.6 Å². The van der Waals surface area contributed by atoms with Crippen molar-refractivity contribution in [1.82, 2.24) is 5.32 Å². The monoisotopic (exact) mass is 343 g/mol. The van der Waals surface area contributed by atoms with Crippen LogP contribution in [0.25, 0.3) is 11.0 Å². The van der Waals surface area contributed by atoms with E-state index in [-0.39, 0.29) is 0 Å². The van der Waals surface area contributed by atoms with Crippen molar-refractivity contribution in [2.45, 2.75) is 20.3 Å². The molecular weight excluding hydrogens is 325 g/mol. The average molecular weight is 343 g/mol. The van der Waals surface area contributed by atoms with Gasteiger partial charge in [-0.3, -0.25) is 0 Å². The molecule has 0 fully saturated rings. The zero-order valence-electron chi connectivity index (χ0n) is 10.3. The number of furan rings is 1. The van der Waals surface area contributed by atoms with Crippen molar-refractivity contribution in [1.29, 1.82) is 0 Å². The van der Waals surface area contributed by atoms with E-state index in [0.717, 1.165) is 25.1 Å². The second kappa shape index (κ2) is 5.87. The maximum atomic E-state index is 5.55. The predicted molar refractivity (Wildman–Crippen MR) is 80.3 cm³/mol. The van der Waals surface area contributed by atoms with E-state index in [4.69, 9.17) is 4.42 Å². The van der Waals surface area contributed by atoms with Crippen molar-refractivity contribution >= 4 is 33.6 Å². The minimum Gasteiger partial charge on any atom is -0.464 e. The van der Waals surface area contributed by atoms with Gasteiger partial charge in [-0.2, -0.15) is 0 Å². The molecule has 2 nitrogen and oxygen atoms in total. The lowest BCUT2D eigenvalue weighted by atomic mass is 10.1. The third kappa shape index (κ3) is 3.45. The Bertz CT molecular complexity index is 490. The number of hydrogen-bond donors (Lipinski definition) is 1. The lowest BCUT2D eigenvalue weighted by Crippen LogP contribution is -2.21. The molecule has 0 aliphatic rings. The van der Waals surface area contributed by atoms with Gasteiger partial charge in [-0.1, -0.05) is 13.8 Å². The summed E-state index contributed by atoms with van der Waals surface area (Å²) < 4.78 is 6.81. The molecule has 2 rings (SSSR count). The Morgan fingerprint density at radius 3 is 2.94 bits per heavy atom. The summed E-state index contributed by atoms with van der Waals surface area (Å²) in [6.45, 7) is 6.54. The molecule has 1 heterocycles. The molecule has 1 aromatic heterocycles. The third-order valence-corrected chi connectivity index (χ3v) is 3.41. The minimum absolute atomic E-state index is 0.706. The van der Waals surface area contributed by atoms with Gasteiger partial charge in [0, 0.05) is 8.96 Å². The number of rotatable bonds is 5. The topological polar surface area (TPSA) is 25.2 Å². The Kier molecular flexibility index (Phi) is 4.45. The first-order valence-electron chi connectivity index (χ1n) is 6.03. The fourth-order valence-electron chi connectivity index (χ4n) is 1.86. The van der Waals surface area contributed by atoms with Crippen molar-refractivity contribution in [2.24, 2.45) is 5.92 Å². The predicted octanol–water partition coefficient (Wildman–Crippen LogP) is 3.83.